The van der Waals surface area contributed by atoms with E-state index in [1.54, 1.807) is 0 Å². The highest BCUT2D eigenvalue weighted by Crippen LogP contribution is 2.31. The first-order valence-electron chi connectivity index (χ1n) is 10.5. The normalized spacial score (nSPS) is 14.9. The molecule has 1 unspecified atom stereocenters. The zero-order valence-electron chi connectivity index (χ0n) is 16.9. The number of fused-ring (bicyclic) bond motifs is 1. The van der Waals surface area contributed by atoms with Crippen LogP contribution in [0.2, 0.25) is 0 Å². The summed E-state index contributed by atoms with van der Waals surface area (Å²) in [5, 5.41) is 12.9. The van der Waals surface area contributed by atoms with Gasteiger partial charge in [-0.2, -0.15) is 0 Å². The Balaban J connectivity index is 1.46. The van der Waals surface area contributed by atoms with E-state index in [0.717, 1.165) is 38.3 Å². The van der Waals surface area contributed by atoms with Crippen molar-refractivity contribution < 1.29 is 0 Å². The summed E-state index contributed by atoms with van der Waals surface area (Å²) in [6.45, 7) is 2.66. The lowest BCUT2D eigenvalue weighted by Gasteiger charge is -2.35. The summed E-state index contributed by atoms with van der Waals surface area (Å²) in [5.41, 5.74) is 5.37. The molecular formula is C25H25N5. The lowest BCUT2D eigenvalue weighted by atomic mass is 9.96. The Labute approximate surface area is 177 Å². The maximum Gasteiger partial charge on any atom is 0.173 e. The van der Waals surface area contributed by atoms with Crippen molar-refractivity contribution in [3.63, 3.8) is 0 Å². The van der Waals surface area contributed by atoms with Crippen LogP contribution >= 0.6 is 0 Å². The number of hydrogen-bond acceptors (Lipinski definition) is 4. The third kappa shape index (κ3) is 3.89. The molecule has 3 aromatic carbocycles. The van der Waals surface area contributed by atoms with E-state index in [1.807, 2.05) is 10.7 Å². The van der Waals surface area contributed by atoms with E-state index in [-0.39, 0.29) is 6.04 Å². The van der Waals surface area contributed by atoms with Crippen molar-refractivity contribution in [3.8, 4) is 0 Å². The van der Waals surface area contributed by atoms with Gasteiger partial charge in [-0.25, -0.2) is 4.68 Å². The number of rotatable bonds is 6. The molecule has 2 heterocycles. The van der Waals surface area contributed by atoms with Crippen LogP contribution in [0.25, 0.3) is 0 Å². The van der Waals surface area contributed by atoms with Crippen molar-refractivity contribution in [2.75, 3.05) is 6.54 Å². The average Bonchev–Trinajstić information content (AvgIpc) is 3.27. The molecule has 0 aliphatic carbocycles. The Morgan fingerprint density at radius 3 is 2.30 bits per heavy atom. The summed E-state index contributed by atoms with van der Waals surface area (Å²) in [4.78, 5) is 2.50. The van der Waals surface area contributed by atoms with Gasteiger partial charge >= 0.3 is 0 Å². The lowest BCUT2D eigenvalue weighted by Crippen LogP contribution is -2.36. The number of aromatic nitrogens is 4. The van der Waals surface area contributed by atoms with Crippen LogP contribution < -0.4 is 0 Å². The molecule has 5 rings (SSSR count). The maximum atomic E-state index is 4.50. The molecule has 1 atom stereocenters. The minimum atomic E-state index is 0.0327. The van der Waals surface area contributed by atoms with Gasteiger partial charge in [0.1, 0.15) is 0 Å². The molecule has 0 radical (unpaired) electrons. The quantitative estimate of drug-likeness (QED) is 0.494. The van der Waals surface area contributed by atoms with Crippen molar-refractivity contribution in [1.29, 1.82) is 0 Å². The molecule has 1 aromatic heterocycles. The van der Waals surface area contributed by atoms with Crippen LogP contribution in [-0.2, 0) is 25.9 Å². The monoisotopic (exact) mass is 395 g/mol. The second-order valence-electron chi connectivity index (χ2n) is 7.80. The number of benzene rings is 3. The van der Waals surface area contributed by atoms with Crippen LogP contribution in [0.1, 0.15) is 34.1 Å². The number of nitrogens with zero attached hydrogens (tertiary/aromatic N) is 5. The van der Waals surface area contributed by atoms with Crippen molar-refractivity contribution in [2.45, 2.75) is 32.0 Å². The summed E-state index contributed by atoms with van der Waals surface area (Å²) >= 11 is 0. The van der Waals surface area contributed by atoms with Gasteiger partial charge in [-0.3, -0.25) is 4.90 Å². The molecule has 0 spiro atoms. The van der Waals surface area contributed by atoms with E-state index in [4.69, 9.17) is 0 Å². The Kier molecular flexibility index (Phi) is 5.36. The molecule has 0 N–H and O–H groups in total. The number of tetrazole rings is 1. The first-order valence-corrected chi connectivity index (χ1v) is 10.5. The predicted molar refractivity (Wildman–Crippen MR) is 117 cm³/mol. The largest absolute Gasteiger partial charge is 0.285 e. The fourth-order valence-electron chi connectivity index (χ4n) is 4.34. The minimum Gasteiger partial charge on any atom is -0.285 e. The molecule has 0 saturated heterocycles. The summed E-state index contributed by atoms with van der Waals surface area (Å²) in [5.74, 6) is 0.913. The Hall–Kier alpha value is -3.31. The van der Waals surface area contributed by atoms with Gasteiger partial charge < -0.3 is 0 Å². The van der Waals surface area contributed by atoms with Gasteiger partial charge in [-0.1, -0.05) is 84.9 Å². The van der Waals surface area contributed by atoms with Gasteiger partial charge in [0.15, 0.2) is 5.82 Å². The molecular weight excluding hydrogens is 370 g/mol. The fraction of sp³-hybridized carbons (Fsp3) is 0.240. The fourth-order valence-corrected chi connectivity index (χ4v) is 4.34. The summed E-state index contributed by atoms with van der Waals surface area (Å²) in [7, 11) is 0. The molecule has 0 fully saturated rings. The van der Waals surface area contributed by atoms with E-state index in [9.17, 15) is 0 Å². The van der Waals surface area contributed by atoms with Crippen LogP contribution in [0.15, 0.2) is 84.9 Å². The second kappa shape index (κ2) is 8.59. The SMILES string of the molecule is c1ccc(CCn2nnnc2C(c2ccccc2)N2CCc3ccccc3C2)cc1. The smallest absolute Gasteiger partial charge is 0.173 e. The zero-order valence-corrected chi connectivity index (χ0v) is 16.9. The molecule has 4 aromatic rings. The van der Waals surface area contributed by atoms with Crippen molar-refractivity contribution in [2.24, 2.45) is 0 Å². The molecule has 30 heavy (non-hydrogen) atoms. The van der Waals surface area contributed by atoms with E-state index < -0.39 is 0 Å². The molecule has 1 aliphatic heterocycles. The molecule has 0 bridgehead atoms. The molecule has 0 saturated carbocycles. The predicted octanol–water partition coefficient (Wildman–Crippen LogP) is 4.06. The summed E-state index contributed by atoms with van der Waals surface area (Å²) in [6.07, 6.45) is 1.95. The molecule has 150 valence electrons. The third-order valence-electron chi connectivity index (χ3n) is 5.90. The summed E-state index contributed by atoms with van der Waals surface area (Å²) < 4.78 is 1.98. The number of aryl methyl sites for hydroxylation is 2. The van der Waals surface area contributed by atoms with Crippen molar-refractivity contribution >= 4 is 0 Å². The van der Waals surface area contributed by atoms with Gasteiger partial charge in [0.25, 0.3) is 0 Å². The first kappa shape index (κ1) is 18.7. The topological polar surface area (TPSA) is 46.8 Å². The molecule has 0 amide bonds. The average molecular weight is 396 g/mol. The Morgan fingerprint density at radius 2 is 1.50 bits per heavy atom. The summed E-state index contributed by atoms with van der Waals surface area (Å²) in [6, 6.07) is 29.9. The zero-order chi connectivity index (χ0) is 20.2. The van der Waals surface area contributed by atoms with Crippen LogP contribution in [0.5, 0.6) is 0 Å². The van der Waals surface area contributed by atoms with Crippen LogP contribution in [0.3, 0.4) is 0 Å². The standard InChI is InChI=1S/C25H25N5/c1-3-9-20(10-4-1)15-18-30-25(26-27-28-30)24(22-12-5-2-6-13-22)29-17-16-21-11-7-8-14-23(21)19-29/h1-14,24H,15-19H2. The third-order valence-corrected chi connectivity index (χ3v) is 5.90. The Morgan fingerprint density at radius 1 is 0.800 bits per heavy atom. The van der Waals surface area contributed by atoms with Gasteiger partial charge in [-0.05, 0) is 45.5 Å². The van der Waals surface area contributed by atoms with Gasteiger partial charge in [0.2, 0.25) is 0 Å². The Bertz CT molecular complexity index is 1090. The van der Waals surface area contributed by atoms with E-state index in [2.05, 4.69) is 99.3 Å². The van der Waals surface area contributed by atoms with Gasteiger partial charge in [0, 0.05) is 19.6 Å². The van der Waals surface area contributed by atoms with E-state index in [1.165, 1.54) is 22.3 Å². The highest BCUT2D eigenvalue weighted by Gasteiger charge is 2.30. The van der Waals surface area contributed by atoms with Gasteiger partial charge in [-0.15, -0.1) is 5.10 Å². The van der Waals surface area contributed by atoms with Crippen molar-refractivity contribution in [3.05, 3.63) is 113 Å². The molecule has 5 nitrogen and oxygen atoms in total. The highest BCUT2D eigenvalue weighted by molar-refractivity contribution is 5.31. The lowest BCUT2D eigenvalue weighted by molar-refractivity contribution is 0.194. The highest BCUT2D eigenvalue weighted by atomic mass is 15.5. The minimum absolute atomic E-state index is 0.0327. The molecule has 5 heteroatoms. The second-order valence-corrected chi connectivity index (χ2v) is 7.80. The van der Waals surface area contributed by atoms with Crippen LogP contribution in [0, 0.1) is 0 Å². The van der Waals surface area contributed by atoms with Crippen LogP contribution in [0.4, 0.5) is 0 Å². The first-order chi connectivity index (χ1) is 14.9. The molecule has 1 aliphatic rings. The number of hydrogen-bond donors (Lipinski definition) is 0. The van der Waals surface area contributed by atoms with E-state index in [0.29, 0.717) is 0 Å². The van der Waals surface area contributed by atoms with E-state index >= 15 is 0 Å². The maximum absolute atomic E-state index is 4.50. The van der Waals surface area contributed by atoms with Crippen LogP contribution in [-0.4, -0.2) is 31.7 Å². The van der Waals surface area contributed by atoms with Gasteiger partial charge in [0.05, 0.1) is 6.04 Å². The van der Waals surface area contributed by atoms with Crippen molar-refractivity contribution in [1.82, 2.24) is 25.1 Å².